The van der Waals surface area contributed by atoms with Crippen LogP contribution in [0.3, 0.4) is 0 Å². The van der Waals surface area contributed by atoms with E-state index in [9.17, 15) is 0 Å². The number of rotatable bonds is 5. The number of aromatic nitrogens is 2. The third kappa shape index (κ3) is 2.67. The summed E-state index contributed by atoms with van der Waals surface area (Å²) in [6, 6.07) is 8.37. The second-order valence-corrected chi connectivity index (χ2v) is 5.13. The molecule has 0 spiro atoms. The minimum absolute atomic E-state index is 0.126. The van der Waals surface area contributed by atoms with Gasteiger partial charge in [0.05, 0.1) is 0 Å². The van der Waals surface area contributed by atoms with Gasteiger partial charge in [-0.15, -0.1) is 0 Å². The third-order valence-corrected chi connectivity index (χ3v) is 3.45. The molecule has 5 heteroatoms. The van der Waals surface area contributed by atoms with Crippen molar-refractivity contribution < 1.29 is 9.26 Å². The number of para-hydroxylation sites is 1. The first-order valence-electron chi connectivity index (χ1n) is 7.06. The minimum atomic E-state index is -0.126. The second kappa shape index (κ2) is 5.63. The van der Waals surface area contributed by atoms with Gasteiger partial charge in [0.2, 0.25) is 11.7 Å². The van der Waals surface area contributed by atoms with Gasteiger partial charge < -0.3 is 14.6 Å². The highest BCUT2D eigenvalue weighted by Gasteiger charge is 2.28. The molecular weight excluding hydrogens is 254 g/mol. The number of nitrogens with one attached hydrogen (secondary N) is 1. The first kappa shape index (κ1) is 13.1. The number of hydrogen-bond acceptors (Lipinski definition) is 5. The molecule has 3 rings (SSSR count). The van der Waals surface area contributed by atoms with Crippen LogP contribution in [0.5, 0.6) is 5.75 Å². The van der Waals surface area contributed by atoms with Gasteiger partial charge in [-0.2, -0.15) is 4.98 Å². The summed E-state index contributed by atoms with van der Waals surface area (Å²) < 4.78 is 11.2. The minimum Gasteiger partial charge on any atom is -0.482 e. The molecule has 2 heterocycles. The Balaban J connectivity index is 1.67. The van der Waals surface area contributed by atoms with Crippen molar-refractivity contribution in [1.82, 2.24) is 15.5 Å². The molecule has 1 aromatic heterocycles. The molecule has 2 atom stereocenters. The Morgan fingerprint density at radius 2 is 2.25 bits per heavy atom. The molecule has 20 heavy (non-hydrogen) atoms. The molecule has 0 radical (unpaired) electrons. The molecule has 0 saturated carbocycles. The maximum atomic E-state index is 5.86. The van der Waals surface area contributed by atoms with Gasteiger partial charge in [-0.05, 0) is 25.1 Å². The predicted molar refractivity (Wildman–Crippen MR) is 74.7 cm³/mol. The highest BCUT2D eigenvalue weighted by Crippen LogP contribution is 2.35. The van der Waals surface area contributed by atoms with Crippen LogP contribution >= 0.6 is 0 Å². The molecular formula is C15H19N3O2. The molecule has 1 aliphatic rings. The van der Waals surface area contributed by atoms with Crippen LogP contribution in [0.15, 0.2) is 28.8 Å². The molecule has 0 fully saturated rings. The molecule has 106 valence electrons. The van der Waals surface area contributed by atoms with E-state index in [0.717, 1.165) is 25.1 Å². The van der Waals surface area contributed by atoms with Crippen LogP contribution in [0.1, 0.15) is 37.2 Å². The number of ether oxygens (including phenoxy) is 1. The summed E-state index contributed by atoms with van der Waals surface area (Å²) in [4.78, 5) is 4.45. The maximum absolute atomic E-state index is 5.86. The van der Waals surface area contributed by atoms with Crippen LogP contribution in [0.4, 0.5) is 0 Å². The first-order chi connectivity index (χ1) is 9.76. The van der Waals surface area contributed by atoms with Gasteiger partial charge in [-0.3, -0.25) is 0 Å². The molecule has 1 aliphatic heterocycles. The van der Waals surface area contributed by atoms with E-state index in [2.05, 4.69) is 35.4 Å². The molecule has 0 saturated heterocycles. The lowest BCUT2D eigenvalue weighted by Crippen LogP contribution is -2.27. The van der Waals surface area contributed by atoms with Gasteiger partial charge in [-0.1, -0.05) is 30.3 Å². The van der Waals surface area contributed by atoms with E-state index < -0.39 is 0 Å². The number of likely N-dealkylation sites (N-methyl/N-ethyl adjacent to an activating group) is 1. The molecule has 0 bridgehead atoms. The molecule has 1 aromatic carbocycles. The van der Waals surface area contributed by atoms with Gasteiger partial charge in [0.25, 0.3) is 0 Å². The zero-order valence-electron chi connectivity index (χ0n) is 11.8. The van der Waals surface area contributed by atoms with Crippen molar-refractivity contribution in [2.45, 2.75) is 38.8 Å². The monoisotopic (exact) mass is 273 g/mol. The van der Waals surface area contributed by atoms with Gasteiger partial charge in [-0.25, -0.2) is 0 Å². The van der Waals surface area contributed by atoms with E-state index >= 15 is 0 Å². The fourth-order valence-electron chi connectivity index (χ4n) is 2.49. The predicted octanol–water partition coefficient (Wildman–Crippen LogP) is 2.29. The van der Waals surface area contributed by atoms with Crippen LogP contribution in [0.2, 0.25) is 0 Å². The second-order valence-electron chi connectivity index (χ2n) is 5.13. The van der Waals surface area contributed by atoms with Crippen LogP contribution in [-0.2, 0) is 12.8 Å². The van der Waals surface area contributed by atoms with E-state index in [4.69, 9.17) is 9.26 Å². The lowest BCUT2D eigenvalue weighted by Gasteiger charge is -2.08. The Labute approximate surface area is 118 Å². The highest BCUT2D eigenvalue weighted by atomic mass is 16.5. The number of hydrogen-bond donors (Lipinski definition) is 1. The molecule has 2 aromatic rings. The normalized spacial score (nSPS) is 18.6. The van der Waals surface area contributed by atoms with Crippen LogP contribution in [-0.4, -0.2) is 22.7 Å². The summed E-state index contributed by atoms with van der Waals surface area (Å²) in [5, 5.41) is 7.38. The average molecular weight is 273 g/mol. The van der Waals surface area contributed by atoms with E-state index in [1.54, 1.807) is 0 Å². The summed E-state index contributed by atoms with van der Waals surface area (Å²) in [5.74, 6) is 2.22. The van der Waals surface area contributed by atoms with Crippen molar-refractivity contribution in [3.05, 3.63) is 41.5 Å². The number of fused-ring (bicyclic) bond motifs is 1. The Hall–Kier alpha value is -1.88. The smallest absolute Gasteiger partial charge is 0.228 e. The summed E-state index contributed by atoms with van der Waals surface area (Å²) >= 11 is 0. The van der Waals surface area contributed by atoms with E-state index in [1.807, 2.05) is 18.2 Å². The van der Waals surface area contributed by atoms with Crippen LogP contribution in [0, 0.1) is 0 Å². The largest absolute Gasteiger partial charge is 0.482 e. The van der Waals surface area contributed by atoms with Crippen LogP contribution < -0.4 is 10.1 Å². The molecule has 0 aliphatic carbocycles. The SMILES string of the molecule is CCNC(C)Cc1nc(C2Cc3ccccc3O2)no1. The zero-order valence-corrected chi connectivity index (χ0v) is 11.8. The van der Waals surface area contributed by atoms with Crippen molar-refractivity contribution in [2.24, 2.45) is 0 Å². The summed E-state index contributed by atoms with van der Waals surface area (Å²) in [6.07, 6.45) is 1.41. The summed E-state index contributed by atoms with van der Waals surface area (Å²) in [5.41, 5.74) is 1.20. The van der Waals surface area contributed by atoms with Crippen molar-refractivity contribution in [2.75, 3.05) is 6.54 Å². The van der Waals surface area contributed by atoms with E-state index in [0.29, 0.717) is 17.8 Å². The van der Waals surface area contributed by atoms with Gasteiger partial charge in [0.15, 0.2) is 6.10 Å². The quantitative estimate of drug-likeness (QED) is 0.905. The summed E-state index contributed by atoms with van der Waals surface area (Å²) in [6.45, 7) is 5.12. The maximum Gasteiger partial charge on any atom is 0.228 e. The molecule has 1 N–H and O–H groups in total. The highest BCUT2D eigenvalue weighted by molar-refractivity contribution is 5.37. The van der Waals surface area contributed by atoms with Crippen LogP contribution in [0.25, 0.3) is 0 Å². The Morgan fingerprint density at radius 3 is 3.05 bits per heavy atom. The zero-order chi connectivity index (χ0) is 13.9. The fourth-order valence-corrected chi connectivity index (χ4v) is 2.49. The third-order valence-electron chi connectivity index (χ3n) is 3.45. The topological polar surface area (TPSA) is 60.2 Å². The number of benzene rings is 1. The van der Waals surface area contributed by atoms with Gasteiger partial charge in [0.1, 0.15) is 5.75 Å². The van der Waals surface area contributed by atoms with Crippen molar-refractivity contribution in [3.63, 3.8) is 0 Å². The lowest BCUT2D eigenvalue weighted by molar-refractivity contribution is 0.221. The Bertz CT molecular complexity index is 557. The Kier molecular flexibility index (Phi) is 3.69. The molecule has 2 unspecified atom stereocenters. The van der Waals surface area contributed by atoms with Gasteiger partial charge >= 0.3 is 0 Å². The fraction of sp³-hybridized carbons (Fsp3) is 0.467. The number of nitrogens with zero attached hydrogens (tertiary/aromatic N) is 2. The lowest BCUT2D eigenvalue weighted by atomic mass is 10.1. The standard InChI is InChI=1S/C15H19N3O2/c1-3-16-10(2)8-14-17-15(18-20-14)13-9-11-6-4-5-7-12(11)19-13/h4-7,10,13,16H,3,8-9H2,1-2H3. The van der Waals surface area contributed by atoms with Gasteiger partial charge in [0, 0.05) is 18.9 Å². The van der Waals surface area contributed by atoms with E-state index in [1.165, 1.54) is 5.56 Å². The Morgan fingerprint density at radius 1 is 1.40 bits per heavy atom. The molecule has 0 amide bonds. The van der Waals surface area contributed by atoms with E-state index in [-0.39, 0.29) is 6.10 Å². The van der Waals surface area contributed by atoms with Crippen molar-refractivity contribution >= 4 is 0 Å². The molecule has 5 nitrogen and oxygen atoms in total. The first-order valence-corrected chi connectivity index (χ1v) is 7.06. The van der Waals surface area contributed by atoms with Crippen molar-refractivity contribution in [1.29, 1.82) is 0 Å². The van der Waals surface area contributed by atoms with Crippen molar-refractivity contribution in [3.8, 4) is 5.75 Å². The summed E-state index contributed by atoms with van der Waals surface area (Å²) in [7, 11) is 0. The average Bonchev–Trinajstić information content (AvgIpc) is 3.04.